The molecule has 0 bridgehead atoms. The molecule has 2 aromatic carbocycles. The molecule has 1 unspecified atom stereocenters. The largest absolute Gasteiger partial charge is 0.379 e. The lowest BCUT2D eigenvalue weighted by atomic mass is 10.0. The number of hydrogen-bond donors (Lipinski definition) is 3. The first-order valence-electron chi connectivity index (χ1n) is 17.6. The van der Waals surface area contributed by atoms with Gasteiger partial charge in [0.25, 0.3) is 5.91 Å². The second kappa shape index (κ2) is 20.2. The topological polar surface area (TPSA) is 193 Å². The van der Waals surface area contributed by atoms with Crippen LogP contribution >= 0.6 is 0 Å². The fourth-order valence-electron chi connectivity index (χ4n) is 6.09. The monoisotopic (exact) mass is 722 g/mol. The van der Waals surface area contributed by atoms with Crippen molar-refractivity contribution in [3.8, 4) is 0 Å². The molecule has 1 aliphatic rings. The van der Waals surface area contributed by atoms with E-state index in [1.54, 1.807) is 7.05 Å². The Kier molecular flexibility index (Phi) is 15.5. The predicted octanol–water partition coefficient (Wildman–Crippen LogP) is 1.27. The summed E-state index contributed by atoms with van der Waals surface area (Å²) in [6.07, 6.45) is 4.78. The second-order valence-corrected chi connectivity index (χ2v) is 12.9. The van der Waals surface area contributed by atoms with Crippen LogP contribution in [0.15, 0.2) is 47.3 Å². The summed E-state index contributed by atoms with van der Waals surface area (Å²) < 4.78 is 19.8. The van der Waals surface area contributed by atoms with Crippen molar-refractivity contribution in [2.45, 2.75) is 70.1 Å². The lowest BCUT2D eigenvalue weighted by Gasteiger charge is -2.28. The van der Waals surface area contributed by atoms with Crippen LogP contribution in [-0.4, -0.2) is 96.7 Å². The van der Waals surface area contributed by atoms with Crippen LogP contribution in [-0.2, 0) is 64.7 Å². The van der Waals surface area contributed by atoms with Crippen molar-refractivity contribution in [3.63, 3.8) is 0 Å². The molecular formula is C37H50N6O9. The summed E-state index contributed by atoms with van der Waals surface area (Å²) in [5.41, 5.74) is 9.45. The number of carbonyl (C=O) groups is 5. The number of hydrogen-bond acceptors (Lipinski definition) is 9. The normalized spacial score (nSPS) is 15.2. The Hall–Kier alpha value is -4.86. The maximum absolute atomic E-state index is 13.1. The average molecular weight is 723 g/mol. The SMILES string of the molecule is CN1C(=O)CCC(n2c(=O)n(C)c3cc(CCCOCCOCC(=O)NCCCc4ccc(COC[C@H](CCC(N)=O)NC=O)cc4)ccc32)C1=O. The number of benzene rings is 2. The van der Waals surface area contributed by atoms with Gasteiger partial charge in [0.1, 0.15) is 12.6 Å². The molecule has 1 aliphatic heterocycles. The highest BCUT2D eigenvalue weighted by Crippen LogP contribution is 2.26. The van der Waals surface area contributed by atoms with E-state index in [-0.39, 0.29) is 55.5 Å². The molecule has 2 heterocycles. The first-order valence-corrected chi connectivity index (χ1v) is 17.6. The molecule has 2 atom stereocenters. The summed E-state index contributed by atoms with van der Waals surface area (Å²) in [6.45, 7) is 2.32. The predicted molar refractivity (Wildman–Crippen MR) is 192 cm³/mol. The number of likely N-dealkylation sites (tertiary alicyclic amines) is 1. The third kappa shape index (κ3) is 11.6. The van der Waals surface area contributed by atoms with E-state index in [0.717, 1.165) is 52.8 Å². The van der Waals surface area contributed by atoms with E-state index in [4.69, 9.17) is 19.9 Å². The van der Waals surface area contributed by atoms with Gasteiger partial charge in [0.15, 0.2) is 0 Å². The zero-order chi connectivity index (χ0) is 37.5. The molecule has 3 aromatic rings. The van der Waals surface area contributed by atoms with Gasteiger partial charge in [-0.2, -0.15) is 0 Å². The summed E-state index contributed by atoms with van der Waals surface area (Å²) in [5.74, 6) is -1.20. The van der Waals surface area contributed by atoms with Gasteiger partial charge in [-0.15, -0.1) is 0 Å². The van der Waals surface area contributed by atoms with Crippen molar-refractivity contribution in [2.75, 3.05) is 46.6 Å². The highest BCUT2D eigenvalue weighted by molar-refractivity contribution is 5.99. The molecule has 1 fully saturated rings. The summed E-state index contributed by atoms with van der Waals surface area (Å²) in [7, 11) is 3.14. The number of nitrogens with zero attached hydrogens (tertiary/aromatic N) is 3. The van der Waals surface area contributed by atoms with Crippen LogP contribution in [0.1, 0.15) is 61.3 Å². The fourth-order valence-corrected chi connectivity index (χ4v) is 6.09. The van der Waals surface area contributed by atoms with Crippen molar-refractivity contribution < 1.29 is 38.2 Å². The number of ether oxygens (including phenoxy) is 3. The van der Waals surface area contributed by atoms with Gasteiger partial charge in [0.05, 0.1) is 43.5 Å². The lowest BCUT2D eigenvalue weighted by molar-refractivity contribution is -0.149. The smallest absolute Gasteiger partial charge is 0.329 e. The quantitative estimate of drug-likeness (QED) is 0.0735. The number of aryl methyl sites for hydroxylation is 3. The van der Waals surface area contributed by atoms with Gasteiger partial charge in [-0.25, -0.2) is 4.79 Å². The number of rotatable bonds is 23. The Bertz CT molecular complexity index is 1740. The summed E-state index contributed by atoms with van der Waals surface area (Å²) >= 11 is 0. The number of aromatic nitrogens is 2. The molecule has 15 heteroatoms. The molecule has 4 N–H and O–H groups in total. The molecule has 0 spiro atoms. The molecule has 0 aliphatic carbocycles. The van der Waals surface area contributed by atoms with Gasteiger partial charge in [0.2, 0.25) is 24.1 Å². The summed E-state index contributed by atoms with van der Waals surface area (Å²) in [4.78, 5) is 72.7. The van der Waals surface area contributed by atoms with E-state index >= 15 is 0 Å². The van der Waals surface area contributed by atoms with Crippen LogP contribution in [0.5, 0.6) is 0 Å². The molecule has 15 nitrogen and oxygen atoms in total. The van der Waals surface area contributed by atoms with E-state index in [1.165, 1.54) is 16.2 Å². The first kappa shape index (κ1) is 39.9. The van der Waals surface area contributed by atoms with E-state index in [1.807, 2.05) is 42.5 Å². The van der Waals surface area contributed by atoms with Gasteiger partial charge in [-0.1, -0.05) is 30.3 Å². The standard InChI is InChI=1S/C37H50N6O9/c1-41-32-21-27(11-13-30(32)43(37(41)49)31-14-16-35(47)42(2)36(31)48)6-4-18-50-19-20-51-24-34(46)39-17-3-5-26-7-9-28(10-8-26)22-52-23-29(40-25-44)12-15-33(38)45/h7-11,13,21,25,29,31H,3-6,12,14-20,22-24H2,1-2H3,(H2,38,45)(H,39,46)(H,40,44)/t29-,31?/m0/s1. The number of carbonyl (C=O) groups excluding carboxylic acids is 5. The zero-order valence-electron chi connectivity index (χ0n) is 30.0. The van der Waals surface area contributed by atoms with Gasteiger partial charge >= 0.3 is 5.69 Å². The van der Waals surface area contributed by atoms with Gasteiger partial charge < -0.3 is 30.6 Å². The molecule has 4 rings (SSSR count). The minimum absolute atomic E-state index is 0.0404. The van der Waals surface area contributed by atoms with Crippen LogP contribution in [0.3, 0.4) is 0 Å². The number of piperidine rings is 1. The van der Waals surface area contributed by atoms with Gasteiger partial charge in [-0.3, -0.25) is 38.0 Å². The molecule has 0 saturated carbocycles. The molecule has 282 valence electrons. The van der Waals surface area contributed by atoms with Crippen LogP contribution in [0.4, 0.5) is 0 Å². The first-order chi connectivity index (χ1) is 25.1. The van der Waals surface area contributed by atoms with Crippen molar-refractivity contribution in [3.05, 3.63) is 69.6 Å². The van der Waals surface area contributed by atoms with Gasteiger partial charge in [-0.05, 0) is 67.3 Å². The zero-order valence-corrected chi connectivity index (χ0v) is 30.0. The number of amides is 5. The molecule has 1 saturated heterocycles. The Labute approximate surface area is 302 Å². The van der Waals surface area contributed by atoms with E-state index in [9.17, 15) is 28.8 Å². The molecular weight excluding hydrogens is 672 g/mol. The number of imidazole rings is 1. The van der Waals surface area contributed by atoms with Gasteiger partial charge in [0, 0.05) is 40.1 Å². The number of nitrogens with one attached hydrogen (secondary N) is 2. The van der Waals surface area contributed by atoms with E-state index < -0.39 is 11.9 Å². The maximum atomic E-state index is 13.1. The van der Waals surface area contributed by atoms with Crippen molar-refractivity contribution in [2.24, 2.45) is 12.8 Å². The van der Waals surface area contributed by atoms with Crippen LogP contribution < -0.4 is 22.1 Å². The fraction of sp³-hybridized carbons (Fsp3) is 0.514. The Balaban J connectivity index is 1.04. The minimum Gasteiger partial charge on any atom is -0.379 e. The van der Waals surface area contributed by atoms with Crippen LogP contribution in [0.2, 0.25) is 0 Å². The number of nitrogens with two attached hydrogens (primary N) is 1. The summed E-state index contributed by atoms with van der Waals surface area (Å²) in [6, 6.07) is 12.8. The lowest BCUT2D eigenvalue weighted by Crippen LogP contribution is -2.45. The Morgan fingerprint density at radius 2 is 1.63 bits per heavy atom. The molecule has 0 radical (unpaired) electrons. The molecule has 5 amide bonds. The van der Waals surface area contributed by atoms with Crippen molar-refractivity contribution in [1.82, 2.24) is 24.7 Å². The average Bonchev–Trinajstić information content (AvgIpc) is 3.37. The maximum Gasteiger partial charge on any atom is 0.329 e. The second-order valence-electron chi connectivity index (χ2n) is 12.9. The number of likely N-dealkylation sites (N-methyl/N-ethyl adjacent to an activating group) is 1. The number of fused-ring (bicyclic) bond motifs is 1. The van der Waals surface area contributed by atoms with Crippen molar-refractivity contribution in [1.29, 1.82) is 0 Å². The molecule has 52 heavy (non-hydrogen) atoms. The van der Waals surface area contributed by atoms with Crippen LogP contribution in [0, 0.1) is 0 Å². The highest BCUT2D eigenvalue weighted by atomic mass is 16.5. The highest BCUT2D eigenvalue weighted by Gasteiger charge is 2.35. The Morgan fingerprint density at radius 3 is 2.38 bits per heavy atom. The third-order valence-electron chi connectivity index (χ3n) is 9.06. The van der Waals surface area contributed by atoms with E-state index in [2.05, 4.69) is 10.6 Å². The minimum atomic E-state index is -0.696. The van der Waals surface area contributed by atoms with Crippen molar-refractivity contribution >= 4 is 41.1 Å². The third-order valence-corrected chi connectivity index (χ3v) is 9.06. The molecule has 1 aromatic heterocycles. The van der Waals surface area contributed by atoms with Crippen LogP contribution in [0.25, 0.3) is 11.0 Å². The van der Waals surface area contributed by atoms with E-state index in [0.29, 0.717) is 57.7 Å². The Morgan fingerprint density at radius 1 is 0.923 bits per heavy atom. The summed E-state index contributed by atoms with van der Waals surface area (Å²) in [5, 5.41) is 5.50. The number of imide groups is 1. The number of primary amides is 1.